The quantitative estimate of drug-likeness (QED) is 0.511. The molecule has 0 saturated carbocycles. The third kappa shape index (κ3) is 8.02. The van der Waals surface area contributed by atoms with E-state index in [1.165, 1.54) is 0 Å². The highest BCUT2D eigenvalue weighted by Gasteiger charge is 2.18. The molecule has 0 rings (SSSR count). The van der Waals surface area contributed by atoms with Crippen LogP contribution in [0.25, 0.3) is 0 Å². The lowest BCUT2D eigenvalue weighted by Crippen LogP contribution is -2.43. The maximum atomic E-state index is 5.88. The Kier molecular flexibility index (Phi) is 3.73. The molecule has 0 unspecified atom stereocenters. The van der Waals surface area contributed by atoms with Gasteiger partial charge >= 0.3 is 0 Å². The highest BCUT2D eigenvalue weighted by Crippen LogP contribution is 2.18. The molecule has 2 nitrogen and oxygen atoms in total. The van der Waals surface area contributed by atoms with E-state index in [4.69, 9.17) is 5.84 Å². The molecule has 12 heavy (non-hydrogen) atoms. The molecule has 0 heterocycles. The van der Waals surface area contributed by atoms with E-state index in [-0.39, 0.29) is 0 Å². The van der Waals surface area contributed by atoms with Crippen molar-refractivity contribution in [1.29, 1.82) is 0 Å². The van der Waals surface area contributed by atoms with E-state index >= 15 is 0 Å². The summed E-state index contributed by atoms with van der Waals surface area (Å²) in [6.45, 7) is 15.1. The first-order valence-corrected chi connectivity index (χ1v) is 4.60. The van der Waals surface area contributed by atoms with Gasteiger partial charge in [-0.05, 0) is 10.8 Å². The van der Waals surface area contributed by atoms with Crippen LogP contribution in [0.1, 0.15) is 41.5 Å². The molecule has 0 aliphatic rings. The van der Waals surface area contributed by atoms with Gasteiger partial charge in [0.25, 0.3) is 0 Å². The molecule has 0 aromatic heterocycles. The summed E-state index contributed by atoms with van der Waals surface area (Å²) in [6, 6.07) is 0. The summed E-state index contributed by atoms with van der Waals surface area (Å²) >= 11 is 0. The summed E-state index contributed by atoms with van der Waals surface area (Å²) in [6.07, 6.45) is 0. The van der Waals surface area contributed by atoms with Crippen molar-refractivity contribution in [1.82, 2.24) is 5.01 Å². The molecule has 0 fully saturated rings. The van der Waals surface area contributed by atoms with Crippen LogP contribution in [0.15, 0.2) is 0 Å². The summed E-state index contributed by atoms with van der Waals surface area (Å²) in [7, 11) is 0. The summed E-state index contributed by atoms with van der Waals surface area (Å²) in [5.74, 6) is 5.88. The molecule has 0 amide bonds. The average molecular weight is 172 g/mol. The van der Waals surface area contributed by atoms with Gasteiger partial charge in [0.15, 0.2) is 0 Å². The highest BCUT2D eigenvalue weighted by atomic mass is 15.4. The molecule has 0 atom stereocenters. The maximum Gasteiger partial charge on any atom is 0.0177 e. The Labute approximate surface area is 77.1 Å². The average Bonchev–Trinajstić information content (AvgIpc) is 1.49. The van der Waals surface area contributed by atoms with E-state index in [1.807, 2.05) is 5.01 Å². The fourth-order valence-electron chi connectivity index (χ4n) is 1.27. The SMILES string of the molecule is CC(C)(C)CN(N)CC(C)(C)C. The van der Waals surface area contributed by atoms with Gasteiger partial charge in [-0.1, -0.05) is 41.5 Å². The molecule has 0 saturated heterocycles. The maximum absolute atomic E-state index is 5.88. The van der Waals surface area contributed by atoms with E-state index in [0.29, 0.717) is 10.8 Å². The Morgan fingerprint density at radius 1 is 0.833 bits per heavy atom. The minimum Gasteiger partial charge on any atom is -0.269 e. The first kappa shape index (κ1) is 11.9. The van der Waals surface area contributed by atoms with Crippen molar-refractivity contribution >= 4 is 0 Å². The molecule has 0 spiro atoms. The smallest absolute Gasteiger partial charge is 0.0177 e. The number of nitrogens with zero attached hydrogens (tertiary/aromatic N) is 1. The van der Waals surface area contributed by atoms with Crippen LogP contribution in [0.2, 0.25) is 0 Å². The molecule has 0 radical (unpaired) electrons. The second-order valence-corrected chi connectivity index (χ2v) is 6.03. The van der Waals surface area contributed by atoms with E-state index in [1.54, 1.807) is 0 Å². The zero-order chi connectivity index (χ0) is 9.99. The minimum absolute atomic E-state index is 0.292. The predicted molar refractivity (Wildman–Crippen MR) is 54.7 cm³/mol. The first-order valence-electron chi connectivity index (χ1n) is 4.60. The Balaban J connectivity index is 3.83. The van der Waals surface area contributed by atoms with Crippen LogP contribution in [0, 0.1) is 10.8 Å². The number of rotatable bonds is 2. The van der Waals surface area contributed by atoms with Crippen molar-refractivity contribution in [2.24, 2.45) is 16.7 Å². The monoisotopic (exact) mass is 172 g/mol. The lowest BCUT2D eigenvalue weighted by Gasteiger charge is -2.31. The van der Waals surface area contributed by atoms with Gasteiger partial charge in [-0.2, -0.15) is 0 Å². The zero-order valence-corrected chi connectivity index (χ0v) is 9.44. The van der Waals surface area contributed by atoms with Crippen molar-refractivity contribution < 1.29 is 0 Å². The van der Waals surface area contributed by atoms with Gasteiger partial charge in [0.05, 0.1) is 0 Å². The number of hydrogen-bond acceptors (Lipinski definition) is 2. The van der Waals surface area contributed by atoms with Crippen molar-refractivity contribution in [2.75, 3.05) is 13.1 Å². The van der Waals surface area contributed by atoms with Crippen LogP contribution < -0.4 is 5.84 Å². The van der Waals surface area contributed by atoms with Gasteiger partial charge in [0.1, 0.15) is 0 Å². The largest absolute Gasteiger partial charge is 0.269 e. The fraction of sp³-hybridized carbons (Fsp3) is 1.00. The van der Waals surface area contributed by atoms with Gasteiger partial charge in [-0.25, -0.2) is 5.01 Å². The Bertz CT molecular complexity index is 112. The lowest BCUT2D eigenvalue weighted by atomic mass is 9.93. The summed E-state index contributed by atoms with van der Waals surface area (Å²) < 4.78 is 0. The van der Waals surface area contributed by atoms with Crippen LogP contribution in [0.5, 0.6) is 0 Å². The van der Waals surface area contributed by atoms with E-state index in [0.717, 1.165) is 13.1 Å². The molecule has 0 aliphatic heterocycles. The Morgan fingerprint density at radius 2 is 1.08 bits per heavy atom. The predicted octanol–water partition coefficient (Wildman–Crippen LogP) is 2.25. The van der Waals surface area contributed by atoms with Crippen LogP contribution in [0.4, 0.5) is 0 Å². The molecular weight excluding hydrogens is 148 g/mol. The molecule has 0 aromatic carbocycles. The molecule has 0 aliphatic carbocycles. The minimum atomic E-state index is 0.292. The standard InChI is InChI=1S/C10H24N2/c1-9(2,3)7-12(11)8-10(4,5)6/h7-8,11H2,1-6H3. The topological polar surface area (TPSA) is 29.3 Å². The van der Waals surface area contributed by atoms with Crippen LogP contribution in [-0.4, -0.2) is 18.1 Å². The third-order valence-corrected chi connectivity index (χ3v) is 1.35. The second-order valence-electron chi connectivity index (χ2n) is 6.03. The van der Waals surface area contributed by atoms with Crippen molar-refractivity contribution in [3.05, 3.63) is 0 Å². The zero-order valence-electron chi connectivity index (χ0n) is 9.44. The van der Waals surface area contributed by atoms with Crippen LogP contribution >= 0.6 is 0 Å². The van der Waals surface area contributed by atoms with Gasteiger partial charge in [-0.15, -0.1) is 0 Å². The lowest BCUT2D eigenvalue weighted by molar-refractivity contribution is 0.143. The summed E-state index contributed by atoms with van der Waals surface area (Å²) in [5, 5.41) is 1.92. The Hall–Kier alpha value is -0.0800. The van der Waals surface area contributed by atoms with Crippen molar-refractivity contribution in [3.63, 3.8) is 0 Å². The summed E-state index contributed by atoms with van der Waals surface area (Å²) in [5.41, 5.74) is 0.583. The van der Waals surface area contributed by atoms with Gasteiger partial charge in [-0.3, -0.25) is 5.84 Å². The highest BCUT2D eigenvalue weighted by molar-refractivity contribution is 4.70. The molecule has 0 aromatic rings. The van der Waals surface area contributed by atoms with E-state index < -0.39 is 0 Å². The van der Waals surface area contributed by atoms with Crippen LogP contribution in [0.3, 0.4) is 0 Å². The van der Waals surface area contributed by atoms with Crippen LogP contribution in [-0.2, 0) is 0 Å². The number of hydrogen-bond donors (Lipinski definition) is 1. The van der Waals surface area contributed by atoms with E-state index in [9.17, 15) is 0 Å². The third-order valence-electron chi connectivity index (χ3n) is 1.35. The van der Waals surface area contributed by atoms with Crippen molar-refractivity contribution in [2.45, 2.75) is 41.5 Å². The van der Waals surface area contributed by atoms with E-state index in [2.05, 4.69) is 41.5 Å². The summed E-state index contributed by atoms with van der Waals surface area (Å²) in [4.78, 5) is 0. The number of hydrazine groups is 1. The second kappa shape index (κ2) is 3.75. The van der Waals surface area contributed by atoms with Gasteiger partial charge in [0, 0.05) is 13.1 Å². The molecular formula is C10H24N2. The van der Waals surface area contributed by atoms with Crippen molar-refractivity contribution in [3.8, 4) is 0 Å². The molecule has 74 valence electrons. The fourth-order valence-corrected chi connectivity index (χ4v) is 1.27. The first-order chi connectivity index (χ1) is 5.10. The molecule has 2 heteroatoms. The molecule has 2 N–H and O–H groups in total. The molecule has 0 bridgehead atoms. The van der Waals surface area contributed by atoms with Gasteiger partial charge in [0.2, 0.25) is 0 Å². The number of nitrogens with two attached hydrogens (primary N) is 1. The Morgan fingerprint density at radius 3 is 1.25 bits per heavy atom. The van der Waals surface area contributed by atoms with Gasteiger partial charge < -0.3 is 0 Å². The normalized spacial score (nSPS) is 14.0.